The Morgan fingerprint density at radius 1 is 1.08 bits per heavy atom. The standard InChI is InChI=1S/C20H34N4S/c1-21-20(22-12-6-9-15-25-2)23-16-18-10-4-5-11-19(18)17-24-13-7-3-8-14-24/h4-5,10-11H,3,6-9,12-17H2,1-2H3,(H2,21,22,23). The van der Waals surface area contributed by atoms with Crippen LogP contribution in [0.1, 0.15) is 43.2 Å². The smallest absolute Gasteiger partial charge is 0.191 e. The Hall–Kier alpha value is -1.20. The van der Waals surface area contributed by atoms with Crippen LogP contribution in [0.3, 0.4) is 0 Å². The van der Waals surface area contributed by atoms with E-state index in [0.29, 0.717) is 0 Å². The lowest BCUT2D eigenvalue weighted by Gasteiger charge is -2.27. The Labute approximate surface area is 157 Å². The van der Waals surface area contributed by atoms with Gasteiger partial charge in [0.1, 0.15) is 0 Å². The van der Waals surface area contributed by atoms with Gasteiger partial charge in [0.25, 0.3) is 0 Å². The predicted octanol–water partition coefficient (Wildman–Crippen LogP) is 3.48. The van der Waals surface area contributed by atoms with Crippen LogP contribution in [0.4, 0.5) is 0 Å². The third-order valence-electron chi connectivity index (χ3n) is 4.70. The van der Waals surface area contributed by atoms with Crippen LogP contribution in [-0.2, 0) is 13.1 Å². The minimum atomic E-state index is 0.828. The van der Waals surface area contributed by atoms with Crippen molar-refractivity contribution in [1.29, 1.82) is 0 Å². The molecule has 5 heteroatoms. The van der Waals surface area contributed by atoms with Crippen molar-refractivity contribution in [3.05, 3.63) is 35.4 Å². The number of likely N-dealkylation sites (tertiary alicyclic amines) is 1. The van der Waals surface area contributed by atoms with Crippen molar-refractivity contribution in [3.8, 4) is 0 Å². The van der Waals surface area contributed by atoms with E-state index in [-0.39, 0.29) is 0 Å². The molecule has 1 heterocycles. The molecule has 2 N–H and O–H groups in total. The van der Waals surface area contributed by atoms with Crippen molar-refractivity contribution in [1.82, 2.24) is 15.5 Å². The van der Waals surface area contributed by atoms with Gasteiger partial charge in [0.15, 0.2) is 5.96 Å². The van der Waals surface area contributed by atoms with Gasteiger partial charge >= 0.3 is 0 Å². The number of benzene rings is 1. The Bertz CT molecular complexity index is 512. The second kappa shape index (κ2) is 12.2. The summed E-state index contributed by atoms with van der Waals surface area (Å²) in [5, 5.41) is 6.89. The zero-order valence-electron chi connectivity index (χ0n) is 15.9. The molecule has 0 amide bonds. The summed E-state index contributed by atoms with van der Waals surface area (Å²) in [6.45, 7) is 5.35. The minimum absolute atomic E-state index is 0.828. The Kier molecular flexibility index (Phi) is 9.82. The molecular weight excluding hydrogens is 328 g/mol. The monoisotopic (exact) mass is 362 g/mol. The maximum atomic E-state index is 4.35. The summed E-state index contributed by atoms with van der Waals surface area (Å²) >= 11 is 1.91. The average molecular weight is 363 g/mol. The molecule has 25 heavy (non-hydrogen) atoms. The number of unbranched alkanes of at least 4 members (excludes halogenated alkanes) is 1. The molecule has 1 aliphatic heterocycles. The number of guanidine groups is 1. The first-order valence-electron chi connectivity index (χ1n) is 9.56. The SMILES string of the molecule is CN=C(NCCCCSC)NCc1ccccc1CN1CCCCC1. The lowest BCUT2D eigenvalue weighted by atomic mass is 10.0. The predicted molar refractivity (Wildman–Crippen MR) is 111 cm³/mol. The molecule has 1 saturated heterocycles. The molecule has 2 rings (SSSR count). The van der Waals surface area contributed by atoms with E-state index in [2.05, 4.69) is 51.0 Å². The van der Waals surface area contributed by atoms with Gasteiger partial charge in [-0.25, -0.2) is 0 Å². The molecule has 0 aliphatic carbocycles. The molecule has 140 valence electrons. The van der Waals surface area contributed by atoms with E-state index >= 15 is 0 Å². The van der Waals surface area contributed by atoms with Crippen LogP contribution >= 0.6 is 11.8 Å². The van der Waals surface area contributed by atoms with Gasteiger partial charge in [0, 0.05) is 26.7 Å². The van der Waals surface area contributed by atoms with Crippen LogP contribution in [0.5, 0.6) is 0 Å². The molecule has 1 aromatic carbocycles. The summed E-state index contributed by atoms with van der Waals surface area (Å²) in [6, 6.07) is 8.79. The third kappa shape index (κ3) is 7.70. The third-order valence-corrected chi connectivity index (χ3v) is 5.40. The molecule has 0 unspecified atom stereocenters. The van der Waals surface area contributed by atoms with Crippen molar-refractivity contribution in [3.63, 3.8) is 0 Å². The first kappa shape index (κ1) is 20.1. The van der Waals surface area contributed by atoms with Crippen LogP contribution in [0.15, 0.2) is 29.3 Å². The van der Waals surface area contributed by atoms with Crippen molar-refractivity contribution >= 4 is 17.7 Å². The number of rotatable bonds is 9. The van der Waals surface area contributed by atoms with Gasteiger partial charge in [0.2, 0.25) is 0 Å². The number of aliphatic imine (C=N–C) groups is 1. The largest absolute Gasteiger partial charge is 0.356 e. The Morgan fingerprint density at radius 3 is 2.56 bits per heavy atom. The molecule has 4 nitrogen and oxygen atoms in total. The normalized spacial score (nSPS) is 16.0. The van der Waals surface area contributed by atoms with Gasteiger partial charge in [-0.05, 0) is 61.9 Å². The highest BCUT2D eigenvalue weighted by atomic mass is 32.2. The molecular formula is C20H34N4S. The molecule has 0 radical (unpaired) electrons. The quantitative estimate of drug-likeness (QED) is 0.401. The van der Waals surface area contributed by atoms with Gasteiger partial charge in [-0.15, -0.1) is 0 Å². The molecule has 0 aromatic heterocycles. The summed E-state index contributed by atoms with van der Waals surface area (Å²) in [5.41, 5.74) is 2.81. The number of nitrogens with one attached hydrogen (secondary N) is 2. The Morgan fingerprint density at radius 2 is 1.84 bits per heavy atom. The van der Waals surface area contributed by atoms with Crippen LogP contribution < -0.4 is 10.6 Å². The van der Waals surface area contributed by atoms with Crippen LogP contribution in [-0.4, -0.2) is 49.6 Å². The number of hydrogen-bond acceptors (Lipinski definition) is 3. The molecule has 0 spiro atoms. The molecule has 0 atom stereocenters. The average Bonchev–Trinajstić information content (AvgIpc) is 2.66. The second-order valence-corrected chi connectivity index (χ2v) is 7.64. The lowest BCUT2D eigenvalue weighted by Crippen LogP contribution is -2.37. The van der Waals surface area contributed by atoms with E-state index in [1.165, 1.54) is 62.1 Å². The van der Waals surface area contributed by atoms with E-state index < -0.39 is 0 Å². The van der Waals surface area contributed by atoms with Crippen molar-refractivity contribution < 1.29 is 0 Å². The summed E-state index contributed by atoms with van der Waals surface area (Å²) in [5.74, 6) is 2.13. The van der Waals surface area contributed by atoms with Gasteiger partial charge in [0.05, 0.1) is 0 Å². The number of piperidine rings is 1. The summed E-state index contributed by atoms with van der Waals surface area (Å²) in [6.07, 6.45) is 8.67. The first-order chi connectivity index (χ1) is 12.3. The first-order valence-corrected chi connectivity index (χ1v) is 11.0. The highest BCUT2D eigenvalue weighted by Gasteiger charge is 2.12. The topological polar surface area (TPSA) is 39.7 Å². The maximum Gasteiger partial charge on any atom is 0.191 e. The second-order valence-electron chi connectivity index (χ2n) is 6.66. The molecule has 1 aliphatic rings. The Balaban J connectivity index is 1.80. The van der Waals surface area contributed by atoms with E-state index in [1.54, 1.807) is 0 Å². The van der Waals surface area contributed by atoms with Crippen molar-refractivity contribution in [2.75, 3.05) is 38.7 Å². The van der Waals surface area contributed by atoms with E-state index in [9.17, 15) is 0 Å². The molecule has 0 saturated carbocycles. The highest BCUT2D eigenvalue weighted by Crippen LogP contribution is 2.16. The minimum Gasteiger partial charge on any atom is -0.356 e. The number of hydrogen-bond donors (Lipinski definition) is 2. The summed E-state index contributed by atoms with van der Waals surface area (Å²) in [4.78, 5) is 6.93. The highest BCUT2D eigenvalue weighted by molar-refractivity contribution is 7.98. The zero-order chi connectivity index (χ0) is 17.7. The van der Waals surface area contributed by atoms with Gasteiger partial charge in [-0.3, -0.25) is 9.89 Å². The maximum absolute atomic E-state index is 4.35. The fourth-order valence-corrected chi connectivity index (χ4v) is 3.71. The summed E-state index contributed by atoms with van der Waals surface area (Å²) in [7, 11) is 1.84. The van der Waals surface area contributed by atoms with Gasteiger partial charge in [-0.2, -0.15) is 11.8 Å². The zero-order valence-corrected chi connectivity index (χ0v) is 16.7. The van der Waals surface area contributed by atoms with Crippen LogP contribution in [0.25, 0.3) is 0 Å². The summed E-state index contributed by atoms with van der Waals surface area (Å²) < 4.78 is 0. The van der Waals surface area contributed by atoms with E-state index in [4.69, 9.17) is 0 Å². The number of nitrogens with zero attached hydrogens (tertiary/aromatic N) is 2. The number of thioether (sulfide) groups is 1. The van der Waals surface area contributed by atoms with Gasteiger partial charge in [-0.1, -0.05) is 30.7 Å². The van der Waals surface area contributed by atoms with Crippen LogP contribution in [0, 0.1) is 0 Å². The molecule has 0 bridgehead atoms. The van der Waals surface area contributed by atoms with Gasteiger partial charge < -0.3 is 10.6 Å². The molecule has 1 aromatic rings. The van der Waals surface area contributed by atoms with Crippen molar-refractivity contribution in [2.45, 2.75) is 45.2 Å². The van der Waals surface area contributed by atoms with Crippen molar-refractivity contribution in [2.24, 2.45) is 4.99 Å². The molecule has 1 fully saturated rings. The lowest BCUT2D eigenvalue weighted by molar-refractivity contribution is 0.220. The van der Waals surface area contributed by atoms with Crippen LogP contribution in [0.2, 0.25) is 0 Å². The fraction of sp³-hybridized carbons (Fsp3) is 0.650. The van der Waals surface area contributed by atoms with E-state index in [0.717, 1.165) is 25.6 Å². The van der Waals surface area contributed by atoms with E-state index in [1.807, 2.05) is 18.8 Å². The fourth-order valence-electron chi connectivity index (χ4n) is 3.22.